The number of halogens is 3. The molecule has 2 aromatic carbocycles. The number of carbonyl (C=O) groups is 2. The van der Waals surface area contributed by atoms with E-state index >= 15 is 0 Å². The lowest BCUT2D eigenvalue weighted by Crippen LogP contribution is -2.25. The predicted molar refractivity (Wildman–Crippen MR) is 143 cm³/mol. The van der Waals surface area contributed by atoms with Crippen LogP contribution in [0.3, 0.4) is 0 Å². The van der Waals surface area contributed by atoms with E-state index in [2.05, 4.69) is 43.4 Å². The second-order valence-electron chi connectivity index (χ2n) is 9.57. The second-order valence-corrected chi connectivity index (χ2v) is 10.7. The lowest BCUT2D eigenvalue weighted by molar-refractivity contribution is -0.139. The quantitative estimate of drug-likeness (QED) is 0.257. The molecule has 0 radical (unpaired) electrons. The highest BCUT2D eigenvalue weighted by atomic mass is 32.1. The smallest absolute Gasteiger partial charge is 0.389 e. The molecule has 2 N–H and O–H groups in total. The summed E-state index contributed by atoms with van der Waals surface area (Å²) in [4.78, 5) is 23.8. The fourth-order valence-electron chi connectivity index (χ4n) is 4.22. The zero-order valence-corrected chi connectivity index (χ0v) is 22.6. The van der Waals surface area contributed by atoms with Crippen LogP contribution in [0, 0.1) is 13.8 Å². The Hall–Kier alpha value is -3.33. The van der Waals surface area contributed by atoms with E-state index in [4.69, 9.17) is 9.84 Å². The third-order valence-corrected chi connectivity index (χ3v) is 7.31. The van der Waals surface area contributed by atoms with E-state index < -0.39 is 30.6 Å². The molecule has 204 valence electrons. The Morgan fingerprint density at radius 2 is 1.66 bits per heavy atom. The maximum atomic E-state index is 13.1. The number of alkyl halides is 3. The number of hydrogen-bond donors (Lipinski definition) is 2. The van der Waals surface area contributed by atoms with Crippen LogP contribution in [0.25, 0.3) is 11.1 Å². The van der Waals surface area contributed by atoms with E-state index in [1.165, 1.54) is 11.6 Å². The molecule has 0 spiro atoms. The predicted octanol–water partition coefficient (Wildman–Crippen LogP) is 7.82. The Kier molecular flexibility index (Phi) is 9.60. The molecule has 1 unspecified atom stereocenters. The first-order valence-electron chi connectivity index (χ1n) is 12.4. The van der Waals surface area contributed by atoms with Gasteiger partial charge in [0.1, 0.15) is 11.9 Å². The highest BCUT2D eigenvalue weighted by molar-refractivity contribution is 7.14. The van der Waals surface area contributed by atoms with E-state index in [0.717, 1.165) is 33.6 Å². The van der Waals surface area contributed by atoms with Crippen LogP contribution in [-0.2, 0) is 4.79 Å². The van der Waals surface area contributed by atoms with Crippen molar-refractivity contribution in [1.29, 1.82) is 0 Å². The van der Waals surface area contributed by atoms with Crippen LogP contribution in [0.2, 0.25) is 0 Å². The average Bonchev–Trinajstić information content (AvgIpc) is 3.31. The number of nitrogens with one attached hydrogen (secondary N) is 1. The maximum Gasteiger partial charge on any atom is 0.389 e. The lowest BCUT2D eigenvalue weighted by atomic mass is 9.93. The van der Waals surface area contributed by atoms with E-state index in [-0.39, 0.29) is 24.3 Å². The molecule has 0 bridgehead atoms. The van der Waals surface area contributed by atoms with Crippen molar-refractivity contribution < 1.29 is 32.6 Å². The number of carboxylic acid groups (broad SMARTS) is 1. The monoisotopic (exact) mass is 547 g/mol. The summed E-state index contributed by atoms with van der Waals surface area (Å²) >= 11 is 1.04. The molecule has 9 heteroatoms. The molecule has 0 aliphatic heterocycles. The van der Waals surface area contributed by atoms with Crippen LogP contribution in [0.4, 0.5) is 13.2 Å². The fraction of sp³-hybridized carbons (Fsp3) is 0.379. The van der Waals surface area contributed by atoms with Crippen molar-refractivity contribution in [2.75, 3.05) is 6.54 Å². The molecule has 0 saturated heterocycles. The van der Waals surface area contributed by atoms with Crippen LogP contribution in [0.5, 0.6) is 5.75 Å². The molecular weight excluding hydrogens is 515 g/mol. The number of thiophene rings is 1. The average molecular weight is 548 g/mol. The fourth-order valence-corrected chi connectivity index (χ4v) is 5.21. The van der Waals surface area contributed by atoms with Crippen LogP contribution < -0.4 is 10.1 Å². The third kappa shape index (κ3) is 8.08. The van der Waals surface area contributed by atoms with Gasteiger partial charge in [0.2, 0.25) is 0 Å². The molecule has 5 nitrogen and oxygen atoms in total. The van der Waals surface area contributed by atoms with Gasteiger partial charge in [-0.3, -0.25) is 9.59 Å². The first kappa shape index (κ1) is 29.2. The molecule has 1 aromatic heterocycles. The molecule has 0 saturated carbocycles. The first-order chi connectivity index (χ1) is 17.8. The Labute approximate surface area is 224 Å². The van der Waals surface area contributed by atoms with Gasteiger partial charge in [-0.2, -0.15) is 13.2 Å². The highest BCUT2D eigenvalue weighted by Crippen LogP contribution is 2.37. The Morgan fingerprint density at radius 3 is 2.21 bits per heavy atom. The second kappa shape index (κ2) is 12.5. The summed E-state index contributed by atoms with van der Waals surface area (Å²) in [6.07, 6.45) is -6.82. The zero-order chi connectivity index (χ0) is 28.0. The van der Waals surface area contributed by atoms with Gasteiger partial charge in [-0.1, -0.05) is 38.1 Å². The van der Waals surface area contributed by atoms with Crippen LogP contribution in [0.15, 0.2) is 48.5 Å². The number of carbonyl (C=O) groups excluding carboxylic acids is 1. The molecule has 1 heterocycles. The number of benzene rings is 2. The summed E-state index contributed by atoms with van der Waals surface area (Å²) in [7, 11) is 0. The summed E-state index contributed by atoms with van der Waals surface area (Å²) < 4.78 is 45.4. The Bertz CT molecular complexity index is 1240. The Morgan fingerprint density at radius 1 is 1.03 bits per heavy atom. The topological polar surface area (TPSA) is 75.6 Å². The van der Waals surface area contributed by atoms with Crippen molar-refractivity contribution in [3.63, 3.8) is 0 Å². The van der Waals surface area contributed by atoms with Gasteiger partial charge in [0.15, 0.2) is 0 Å². The van der Waals surface area contributed by atoms with Crippen molar-refractivity contribution in [1.82, 2.24) is 5.32 Å². The van der Waals surface area contributed by atoms with Gasteiger partial charge < -0.3 is 15.2 Å². The minimum Gasteiger partial charge on any atom is -0.485 e. The van der Waals surface area contributed by atoms with Gasteiger partial charge in [-0.15, -0.1) is 11.3 Å². The summed E-state index contributed by atoms with van der Waals surface area (Å²) in [5.41, 5.74) is 5.23. The van der Waals surface area contributed by atoms with Gasteiger partial charge >= 0.3 is 12.1 Å². The number of rotatable bonds is 11. The van der Waals surface area contributed by atoms with Crippen molar-refractivity contribution in [2.45, 2.75) is 65.2 Å². The molecule has 0 aliphatic rings. The molecule has 1 atom stereocenters. The van der Waals surface area contributed by atoms with Crippen LogP contribution in [-0.4, -0.2) is 29.7 Å². The van der Waals surface area contributed by atoms with Crippen molar-refractivity contribution in [3.05, 3.63) is 75.0 Å². The first-order valence-corrected chi connectivity index (χ1v) is 13.2. The standard InChI is InChI=1S/C29H32F3NO4S/c1-17(2)20-5-7-21(8-6-20)27-18(3)15-22(16-19(27)4)37-23(11-13-29(30,31)32)24-9-10-25(38-24)28(36)33-14-12-26(34)35/h5-10,15-17,23H,11-14H2,1-4H3,(H,33,36)(H,34,35). The SMILES string of the molecule is Cc1cc(OC(CCC(F)(F)F)c2ccc(C(=O)NCCC(=O)O)s2)cc(C)c1-c1ccc(C(C)C)cc1. The number of amides is 1. The summed E-state index contributed by atoms with van der Waals surface area (Å²) in [6.45, 7) is 8.12. The normalized spacial score (nSPS) is 12.4. The minimum atomic E-state index is -4.35. The van der Waals surface area contributed by atoms with Crippen LogP contribution >= 0.6 is 11.3 Å². The summed E-state index contributed by atoms with van der Waals surface area (Å²) in [5.74, 6) is -0.640. The molecule has 0 fully saturated rings. The van der Waals surface area contributed by atoms with Crippen molar-refractivity contribution >= 4 is 23.2 Å². The third-order valence-electron chi connectivity index (χ3n) is 6.13. The molecule has 3 rings (SSSR count). The number of ether oxygens (including phenoxy) is 1. The number of carboxylic acids is 1. The summed E-state index contributed by atoms with van der Waals surface area (Å²) in [6, 6.07) is 15.1. The Balaban J connectivity index is 1.84. The minimum absolute atomic E-state index is 0.0412. The highest BCUT2D eigenvalue weighted by Gasteiger charge is 2.30. The van der Waals surface area contributed by atoms with Crippen LogP contribution in [0.1, 0.15) is 76.4 Å². The molecule has 0 aliphatic carbocycles. The molecular formula is C29H32F3NO4S. The molecule has 38 heavy (non-hydrogen) atoms. The van der Waals surface area contributed by atoms with E-state index in [9.17, 15) is 22.8 Å². The number of aryl methyl sites for hydroxylation is 2. The number of hydrogen-bond acceptors (Lipinski definition) is 4. The lowest BCUT2D eigenvalue weighted by Gasteiger charge is -2.21. The molecule has 3 aromatic rings. The largest absolute Gasteiger partial charge is 0.485 e. The maximum absolute atomic E-state index is 13.1. The van der Waals surface area contributed by atoms with Gasteiger partial charge in [0, 0.05) is 17.8 Å². The van der Waals surface area contributed by atoms with Gasteiger partial charge in [0.05, 0.1) is 11.3 Å². The van der Waals surface area contributed by atoms with Gasteiger partial charge in [-0.25, -0.2) is 0 Å². The van der Waals surface area contributed by atoms with Crippen molar-refractivity contribution in [3.8, 4) is 16.9 Å². The zero-order valence-electron chi connectivity index (χ0n) is 21.8. The van der Waals surface area contributed by atoms with Crippen molar-refractivity contribution in [2.24, 2.45) is 0 Å². The molecule has 1 amide bonds. The number of aliphatic carboxylic acids is 1. The van der Waals surface area contributed by atoms with E-state index in [1.807, 2.05) is 26.0 Å². The van der Waals surface area contributed by atoms with Gasteiger partial charge in [-0.05, 0) is 78.3 Å². The van der Waals surface area contributed by atoms with E-state index in [1.54, 1.807) is 6.07 Å². The van der Waals surface area contributed by atoms with E-state index in [0.29, 0.717) is 16.5 Å². The summed E-state index contributed by atoms with van der Waals surface area (Å²) in [5, 5.41) is 11.2. The van der Waals surface area contributed by atoms with Gasteiger partial charge in [0.25, 0.3) is 5.91 Å².